The summed E-state index contributed by atoms with van der Waals surface area (Å²) in [5, 5.41) is 2.45. The quantitative estimate of drug-likeness (QED) is 0.429. The number of hydrogen-bond acceptors (Lipinski definition) is 6. The smallest absolute Gasteiger partial charge is 0.416 e. The lowest BCUT2D eigenvalue weighted by molar-refractivity contribution is -0.137. The Morgan fingerprint density at radius 3 is 2.16 bits per heavy atom. The first-order chi connectivity index (χ1) is 17.4. The van der Waals surface area contributed by atoms with Gasteiger partial charge in [-0.15, -0.1) is 0 Å². The molecule has 13 heteroatoms. The number of amides is 2. The summed E-state index contributed by atoms with van der Waals surface area (Å²) in [5.74, 6) is -1.25. The van der Waals surface area contributed by atoms with Gasteiger partial charge in [0.25, 0.3) is 10.0 Å². The molecule has 0 aliphatic carbocycles. The van der Waals surface area contributed by atoms with Crippen LogP contribution in [0, 0.1) is 0 Å². The Labute approximate surface area is 210 Å². The van der Waals surface area contributed by atoms with Gasteiger partial charge in [0, 0.05) is 17.3 Å². The van der Waals surface area contributed by atoms with E-state index in [0.717, 1.165) is 24.3 Å². The molecular formula is C24H22F3N3O6S. The zero-order valence-electron chi connectivity index (χ0n) is 19.6. The number of ether oxygens (including phenoxy) is 2. The summed E-state index contributed by atoms with van der Waals surface area (Å²) in [7, 11) is -1.93. The number of alkyl halides is 3. The van der Waals surface area contributed by atoms with Gasteiger partial charge in [-0.05, 0) is 54.6 Å². The largest absolute Gasteiger partial charge is 0.493 e. The number of hydrogen-bond donors (Lipinski definition) is 2. The van der Waals surface area contributed by atoms with Gasteiger partial charge in [-0.2, -0.15) is 13.2 Å². The molecule has 2 amide bonds. The van der Waals surface area contributed by atoms with Crippen LogP contribution in [0.2, 0.25) is 0 Å². The van der Waals surface area contributed by atoms with Gasteiger partial charge >= 0.3 is 6.18 Å². The fraction of sp³-hybridized carbons (Fsp3) is 0.167. The zero-order chi connectivity index (χ0) is 27.4. The first-order valence-corrected chi connectivity index (χ1v) is 11.9. The predicted molar refractivity (Wildman–Crippen MR) is 129 cm³/mol. The normalized spacial score (nSPS) is 11.5. The lowest BCUT2D eigenvalue weighted by Crippen LogP contribution is -2.38. The number of carbonyl (C=O) groups excluding carboxylic acids is 2. The van der Waals surface area contributed by atoms with E-state index in [4.69, 9.17) is 15.2 Å². The second-order valence-electron chi connectivity index (χ2n) is 7.57. The number of benzene rings is 3. The van der Waals surface area contributed by atoms with Crippen LogP contribution in [0.1, 0.15) is 15.9 Å². The van der Waals surface area contributed by atoms with Crippen LogP contribution in [-0.4, -0.2) is 41.0 Å². The molecule has 0 saturated carbocycles. The van der Waals surface area contributed by atoms with Crippen molar-refractivity contribution in [3.8, 4) is 11.5 Å². The van der Waals surface area contributed by atoms with Crippen LogP contribution >= 0.6 is 0 Å². The number of nitrogens with two attached hydrogens (primary N) is 1. The number of rotatable bonds is 9. The topological polar surface area (TPSA) is 128 Å². The van der Waals surface area contributed by atoms with Crippen molar-refractivity contribution in [2.24, 2.45) is 5.73 Å². The molecule has 0 aromatic heterocycles. The first-order valence-electron chi connectivity index (χ1n) is 10.5. The SMILES string of the molecule is COc1ccc(S(=O)(=O)N(CC(=O)Nc2ccc(C(N)=O)cc2)c2cccc(C(F)(F)F)c2)cc1OC. The van der Waals surface area contributed by atoms with Crippen molar-refractivity contribution in [2.75, 3.05) is 30.4 Å². The second-order valence-corrected chi connectivity index (χ2v) is 9.43. The molecule has 0 heterocycles. The van der Waals surface area contributed by atoms with E-state index in [1.54, 1.807) is 0 Å². The molecule has 3 aromatic rings. The number of sulfonamides is 1. The van der Waals surface area contributed by atoms with E-state index in [2.05, 4.69) is 5.32 Å². The number of nitrogens with one attached hydrogen (secondary N) is 1. The van der Waals surface area contributed by atoms with Gasteiger partial charge in [-0.1, -0.05) is 6.07 Å². The highest BCUT2D eigenvalue weighted by atomic mass is 32.2. The summed E-state index contributed by atoms with van der Waals surface area (Å²) in [6.07, 6.45) is -4.75. The minimum absolute atomic E-state index is 0.0616. The molecule has 9 nitrogen and oxygen atoms in total. The predicted octanol–water partition coefficient (Wildman–Crippen LogP) is 3.66. The van der Waals surface area contributed by atoms with Crippen LogP contribution in [0.3, 0.4) is 0 Å². The summed E-state index contributed by atoms with van der Waals surface area (Å²) in [6.45, 7) is -0.866. The highest BCUT2D eigenvalue weighted by Crippen LogP contribution is 2.35. The van der Waals surface area contributed by atoms with Crippen LogP contribution in [0.15, 0.2) is 71.6 Å². The van der Waals surface area contributed by atoms with Crippen LogP contribution in [0.4, 0.5) is 24.5 Å². The highest BCUT2D eigenvalue weighted by Gasteiger charge is 2.33. The maximum absolute atomic E-state index is 13.6. The van der Waals surface area contributed by atoms with E-state index in [1.165, 1.54) is 50.6 Å². The first kappa shape index (κ1) is 27.3. The van der Waals surface area contributed by atoms with Crippen LogP contribution in [0.25, 0.3) is 0 Å². The number of halogens is 3. The van der Waals surface area contributed by atoms with E-state index in [9.17, 15) is 31.2 Å². The molecule has 0 fully saturated rings. The third-order valence-electron chi connectivity index (χ3n) is 5.14. The Hall–Kier alpha value is -4.26. The third-order valence-corrected chi connectivity index (χ3v) is 6.91. The van der Waals surface area contributed by atoms with Gasteiger partial charge in [0.15, 0.2) is 11.5 Å². The Bertz CT molecular complexity index is 1410. The number of anilines is 2. The number of primary amides is 1. The lowest BCUT2D eigenvalue weighted by Gasteiger charge is -2.25. The molecule has 3 rings (SSSR count). The van der Waals surface area contributed by atoms with Crippen molar-refractivity contribution in [3.63, 3.8) is 0 Å². The average Bonchev–Trinajstić information content (AvgIpc) is 2.86. The second kappa shape index (κ2) is 10.8. The van der Waals surface area contributed by atoms with Crippen molar-refractivity contribution < 1.29 is 40.7 Å². The summed E-state index contributed by atoms with van der Waals surface area (Å²) >= 11 is 0. The zero-order valence-corrected chi connectivity index (χ0v) is 20.4. The van der Waals surface area contributed by atoms with Crippen molar-refractivity contribution in [3.05, 3.63) is 77.9 Å². The number of methoxy groups -OCH3 is 2. The van der Waals surface area contributed by atoms with E-state index in [0.29, 0.717) is 10.4 Å². The van der Waals surface area contributed by atoms with Gasteiger partial charge in [0.05, 0.1) is 30.4 Å². The lowest BCUT2D eigenvalue weighted by atomic mass is 10.2. The van der Waals surface area contributed by atoms with Gasteiger partial charge in [0.2, 0.25) is 11.8 Å². The Morgan fingerprint density at radius 1 is 0.946 bits per heavy atom. The molecule has 0 spiro atoms. The molecule has 37 heavy (non-hydrogen) atoms. The molecule has 0 atom stereocenters. The molecule has 0 bridgehead atoms. The van der Waals surface area contributed by atoms with Gasteiger partial charge in [-0.25, -0.2) is 8.42 Å². The summed E-state index contributed by atoms with van der Waals surface area (Å²) < 4.78 is 78.1. The van der Waals surface area contributed by atoms with Crippen molar-refractivity contribution in [1.82, 2.24) is 0 Å². The van der Waals surface area contributed by atoms with Crippen molar-refractivity contribution in [1.29, 1.82) is 0 Å². The maximum Gasteiger partial charge on any atom is 0.416 e. The third kappa shape index (κ3) is 6.30. The van der Waals surface area contributed by atoms with Crippen LogP contribution in [0.5, 0.6) is 11.5 Å². The molecule has 0 saturated heterocycles. The van der Waals surface area contributed by atoms with Gasteiger partial charge in [-0.3, -0.25) is 13.9 Å². The minimum Gasteiger partial charge on any atom is -0.493 e. The molecule has 0 radical (unpaired) electrons. The summed E-state index contributed by atoms with van der Waals surface area (Å²) in [5.41, 5.74) is 4.09. The average molecular weight is 538 g/mol. The minimum atomic E-state index is -4.75. The molecular weight excluding hydrogens is 515 g/mol. The Balaban J connectivity index is 2.02. The Morgan fingerprint density at radius 2 is 1.59 bits per heavy atom. The molecule has 3 aromatic carbocycles. The monoisotopic (exact) mass is 537 g/mol. The van der Waals surface area contributed by atoms with E-state index < -0.39 is 40.1 Å². The van der Waals surface area contributed by atoms with E-state index >= 15 is 0 Å². The molecule has 0 aliphatic rings. The standard InChI is InChI=1S/C24H22F3N3O6S/c1-35-20-11-10-19(13-21(20)36-2)37(33,34)30(18-5-3-4-16(12-18)24(25,26)27)14-22(31)29-17-8-6-15(7-9-17)23(28)32/h3-13H,14H2,1-2H3,(H2,28,32)(H,29,31). The summed E-state index contributed by atoms with van der Waals surface area (Å²) in [4.78, 5) is 23.7. The van der Waals surface area contributed by atoms with Crippen LogP contribution in [-0.2, 0) is 21.0 Å². The summed E-state index contributed by atoms with van der Waals surface area (Å²) in [6, 6.07) is 12.7. The fourth-order valence-corrected chi connectivity index (χ4v) is 4.73. The number of nitrogens with zero attached hydrogens (tertiary/aromatic N) is 1. The van der Waals surface area contributed by atoms with Crippen molar-refractivity contribution >= 4 is 33.2 Å². The molecule has 0 aliphatic heterocycles. The van der Waals surface area contributed by atoms with E-state index in [-0.39, 0.29) is 33.3 Å². The number of carbonyl (C=O) groups is 2. The molecule has 0 unspecified atom stereocenters. The fourth-order valence-electron chi connectivity index (χ4n) is 3.31. The molecule has 3 N–H and O–H groups in total. The highest BCUT2D eigenvalue weighted by molar-refractivity contribution is 7.92. The van der Waals surface area contributed by atoms with Crippen molar-refractivity contribution in [2.45, 2.75) is 11.1 Å². The van der Waals surface area contributed by atoms with Gasteiger partial charge in [0.1, 0.15) is 6.54 Å². The molecule has 196 valence electrons. The van der Waals surface area contributed by atoms with Gasteiger partial charge < -0.3 is 20.5 Å². The van der Waals surface area contributed by atoms with E-state index in [1.807, 2.05) is 0 Å². The van der Waals surface area contributed by atoms with Crippen LogP contribution < -0.4 is 24.8 Å². The Kier molecular flexibility index (Phi) is 7.96. The maximum atomic E-state index is 13.6.